The number of carboxylic acids is 1. The van der Waals surface area contributed by atoms with Gasteiger partial charge in [-0.3, -0.25) is 0 Å². The summed E-state index contributed by atoms with van der Waals surface area (Å²) in [6.07, 6.45) is 1.03. The molecular formula is C16H14O6. The molecule has 6 heteroatoms. The van der Waals surface area contributed by atoms with Crippen LogP contribution in [0.1, 0.15) is 10.4 Å². The van der Waals surface area contributed by atoms with E-state index >= 15 is 0 Å². The molecule has 0 bridgehead atoms. The molecule has 0 aliphatic heterocycles. The van der Waals surface area contributed by atoms with Gasteiger partial charge in [-0.2, -0.15) is 4.89 Å². The van der Waals surface area contributed by atoms with Crippen molar-refractivity contribution in [3.05, 3.63) is 54.6 Å². The van der Waals surface area contributed by atoms with E-state index in [-0.39, 0.29) is 24.5 Å². The summed E-state index contributed by atoms with van der Waals surface area (Å²) in [7, 11) is 0. The molecule has 1 N–H and O–H groups in total. The molecule has 0 fully saturated rings. The van der Waals surface area contributed by atoms with E-state index < -0.39 is 11.9 Å². The molecule has 2 rings (SSSR count). The molecule has 114 valence electrons. The molecule has 2 aromatic carbocycles. The zero-order valence-corrected chi connectivity index (χ0v) is 11.7. The number of carbonyl (C=O) groups is 2. The van der Waals surface area contributed by atoms with Crippen LogP contribution in [0.4, 0.5) is 0 Å². The highest BCUT2D eigenvalue weighted by Gasteiger charge is 2.16. The molecule has 2 aromatic rings. The van der Waals surface area contributed by atoms with Crippen molar-refractivity contribution in [2.75, 3.05) is 13.2 Å². The summed E-state index contributed by atoms with van der Waals surface area (Å²) in [4.78, 5) is 32.2. The largest absolute Gasteiger partial charge is 0.478 e. The number of carbonyl (C=O) groups excluding carboxylic acids is 1. The molecule has 0 saturated heterocycles. The SMILES string of the molecule is C=CC(=O)OCCOOc1ccc2ccccc2c1C(=O)O. The van der Waals surface area contributed by atoms with Crippen LogP contribution in [0.2, 0.25) is 0 Å². The highest BCUT2D eigenvalue weighted by molar-refractivity contribution is 6.06. The first kappa shape index (κ1) is 15.5. The van der Waals surface area contributed by atoms with Crippen LogP contribution in [0.5, 0.6) is 5.75 Å². The number of esters is 1. The Hall–Kier alpha value is -2.86. The Bertz CT molecular complexity index is 707. The third-order valence-electron chi connectivity index (χ3n) is 2.83. The quantitative estimate of drug-likeness (QED) is 0.278. The summed E-state index contributed by atoms with van der Waals surface area (Å²) < 4.78 is 4.70. The molecule has 0 aliphatic rings. The molecule has 6 nitrogen and oxygen atoms in total. The molecule has 0 spiro atoms. The average molecular weight is 302 g/mol. The first-order chi connectivity index (χ1) is 10.6. The molecule has 0 aromatic heterocycles. The molecule has 0 amide bonds. The molecule has 0 aliphatic carbocycles. The lowest BCUT2D eigenvalue weighted by Gasteiger charge is -2.10. The average Bonchev–Trinajstić information content (AvgIpc) is 2.53. The number of aromatic carboxylic acids is 1. The smallest absolute Gasteiger partial charge is 0.340 e. The highest BCUT2D eigenvalue weighted by atomic mass is 17.2. The minimum Gasteiger partial charge on any atom is -0.478 e. The Morgan fingerprint density at radius 2 is 1.91 bits per heavy atom. The fourth-order valence-corrected chi connectivity index (χ4v) is 1.88. The minimum absolute atomic E-state index is 0.0150. The summed E-state index contributed by atoms with van der Waals surface area (Å²) in [5, 5.41) is 10.7. The number of rotatable bonds is 7. The Morgan fingerprint density at radius 3 is 2.64 bits per heavy atom. The van der Waals surface area contributed by atoms with Gasteiger partial charge in [0.1, 0.15) is 18.8 Å². The second-order valence-corrected chi connectivity index (χ2v) is 4.24. The van der Waals surface area contributed by atoms with Gasteiger partial charge in [-0.25, -0.2) is 9.59 Å². The van der Waals surface area contributed by atoms with E-state index in [0.717, 1.165) is 11.5 Å². The lowest BCUT2D eigenvalue weighted by atomic mass is 10.0. The number of fused-ring (bicyclic) bond motifs is 1. The first-order valence-corrected chi connectivity index (χ1v) is 6.47. The zero-order chi connectivity index (χ0) is 15.9. The van der Waals surface area contributed by atoms with Crippen LogP contribution in [0, 0.1) is 0 Å². The van der Waals surface area contributed by atoms with Crippen molar-refractivity contribution < 1.29 is 29.2 Å². The zero-order valence-electron chi connectivity index (χ0n) is 11.7. The van der Waals surface area contributed by atoms with E-state index in [4.69, 9.17) is 14.5 Å². The maximum Gasteiger partial charge on any atom is 0.340 e. The predicted molar refractivity (Wildman–Crippen MR) is 78.6 cm³/mol. The Morgan fingerprint density at radius 1 is 1.14 bits per heavy atom. The molecule has 0 unspecified atom stereocenters. The summed E-state index contributed by atoms with van der Waals surface area (Å²) >= 11 is 0. The van der Waals surface area contributed by atoms with E-state index in [0.29, 0.717) is 5.39 Å². The normalized spacial score (nSPS) is 10.2. The maximum absolute atomic E-state index is 11.4. The molecular weight excluding hydrogens is 288 g/mol. The third-order valence-corrected chi connectivity index (χ3v) is 2.83. The van der Waals surface area contributed by atoms with Gasteiger partial charge in [0.15, 0.2) is 5.75 Å². The van der Waals surface area contributed by atoms with E-state index in [1.54, 1.807) is 24.3 Å². The van der Waals surface area contributed by atoms with Gasteiger partial charge < -0.3 is 14.7 Å². The Kier molecular flexibility index (Phi) is 5.11. The Labute approximate surface area is 126 Å². The topological polar surface area (TPSA) is 82.1 Å². The van der Waals surface area contributed by atoms with Gasteiger partial charge in [0.25, 0.3) is 0 Å². The maximum atomic E-state index is 11.4. The van der Waals surface area contributed by atoms with Crippen molar-refractivity contribution >= 4 is 22.7 Å². The molecule has 0 heterocycles. The van der Waals surface area contributed by atoms with Crippen LogP contribution < -0.4 is 4.89 Å². The lowest BCUT2D eigenvalue weighted by molar-refractivity contribution is -0.214. The monoisotopic (exact) mass is 302 g/mol. The number of hydrogen-bond donors (Lipinski definition) is 1. The fraction of sp³-hybridized carbons (Fsp3) is 0.125. The van der Waals surface area contributed by atoms with Crippen molar-refractivity contribution in [2.24, 2.45) is 0 Å². The summed E-state index contributed by atoms with van der Waals surface area (Å²) in [5.41, 5.74) is 0.0150. The van der Waals surface area contributed by atoms with Gasteiger partial charge in [0.2, 0.25) is 0 Å². The van der Waals surface area contributed by atoms with Crippen LogP contribution >= 0.6 is 0 Å². The molecule has 0 atom stereocenters. The highest BCUT2D eigenvalue weighted by Crippen LogP contribution is 2.28. The van der Waals surface area contributed by atoms with Gasteiger partial charge in [-0.05, 0) is 11.5 Å². The van der Waals surface area contributed by atoms with Gasteiger partial charge in [-0.15, -0.1) is 0 Å². The molecule has 0 saturated carbocycles. The summed E-state index contributed by atoms with van der Waals surface area (Å²) in [6, 6.07) is 10.3. The van der Waals surface area contributed by atoms with E-state index in [1.807, 2.05) is 6.07 Å². The van der Waals surface area contributed by atoms with Crippen LogP contribution in [0.3, 0.4) is 0 Å². The second kappa shape index (κ2) is 7.24. The van der Waals surface area contributed by atoms with Crippen LogP contribution in [0.15, 0.2) is 49.1 Å². The summed E-state index contributed by atoms with van der Waals surface area (Å²) in [5.74, 6) is -1.60. The summed E-state index contributed by atoms with van der Waals surface area (Å²) in [6.45, 7) is 3.19. The molecule has 0 radical (unpaired) electrons. The van der Waals surface area contributed by atoms with Crippen LogP contribution in [-0.4, -0.2) is 30.3 Å². The van der Waals surface area contributed by atoms with Gasteiger partial charge >= 0.3 is 11.9 Å². The van der Waals surface area contributed by atoms with Crippen LogP contribution in [0.25, 0.3) is 10.8 Å². The molecule has 22 heavy (non-hydrogen) atoms. The number of ether oxygens (including phenoxy) is 1. The third kappa shape index (κ3) is 3.62. The first-order valence-electron chi connectivity index (χ1n) is 6.47. The van der Waals surface area contributed by atoms with Crippen LogP contribution in [-0.2, 0) is 14.4 Å². The predicted octanol–water partition coefficient (Wildman–Crippen LogP) is 2.58. The van der Waals surface area contributed by atoms with Crippen molar-refractivity contribution in [2.45, 2.75) is 0 Å². The van der Waals surface area contributed by atoms with Crippen molar-refractivity contribution in [3.63, 3.8) is 0 Å². The second-order valence-electron chi connectivity index (χ2n) is 4.24. The lowest BCUT2D eigenvalue weighted by Crippen LogP contribution is -2.11. The number of hydrogen-bond acceptors (Lipinski definition) is 5. The van der Waals surface area contributed by atoms with Gasteiger partial charge in [-0.1, -0.05) is 36.9 Å². The fourth-order valence-electron chi connectivity index (χ4n) is 1.88. The van der Waals surface area contributed by atoms with Gasteiger partial charge in [0.05, 0.1) is 0 Å². The minimum atomic E-state index is -1.12. The standard InChI is InChI=1S/C16H14O6/c1-2-14(17)20-9-10-21-22-13-8-7-11-5-3-4-6-12(11)15(13)16(18)19/h2-8H,1,9-10H2,(H,18,19). The van der Waals surface area contributed by atoms with E-state index in [2.05, 4.69) is 6.58 Å². The van der Waals surface area contributed by atoms with E-state index in [9.17, 15) is 14.7 Å². The Balaban J connectivity index is 2.07. The number of carboxylic acid groups (broad SMARTS) is 1. The van der Waals surface area contributed by atoms with Gasteiger partial charge in [0, 0.05) is 11.5 Å². The van der Waals surface area contributed by atoms with Crippen molar-refractivity contribution in [3.8, 4) is 5.75 Å². The van der Waals surface area contributed by atoms with Crippen molar-refractivity contribution in [1.29, 1.82) is 0 Å². The number of benzene rings is 2. The van der Waals surface area contributed by atoms with E-state index in [1.165, 1.54) is 6.07 Å². The van der Waals surface area contributed by atoms with Crippen molar-refractivity contribution in [1.82, 2.24) is 0 Å².